The summed E-state index contributed by atoms with van der Waals surface area (Å²) in [6.07, 6.45) is 3.07. The van der Waals surface area contributed by atoms with Crippen LogP contribution in [0.1, 0.15) is 27.2 Å². The standard InChI is InChI=1S/C11H20N2S2/c1-11(2,3)9-12-5-4-7-14-10-13-6-8-15-10/h6,8,12H,4-5,7,9H2,1-3H3. The summed E-state index contributed by atoms with van der Waals surface area (Å²) in [5.74, 6) is 1.16. The fourth-order valence-electron chi connectivity index (χ4n) is 1.10. The number of rotatable bonds is 6. The average Bonchev–Trinajstić information content (AvgIpc) is 2.61. The minimum absolute atomic E-state index is 0.391. The Bertz CT molecular complexity index is 252. The number of aromatic nitrogens is 1. The Kier molecular flexibility index (Phi) is 5.64. The summed E-state index contributed by atoms with van der Waals surface area (Å²) in [7, 11) is 0. The second-order valence-corrected chi connectivity index (χ2v) is 6.97. The lowest BCUT2D eigenvalue weighted by Gasteiger charge is -2.18. The summed E-state index contributed by atoms with van der Waals surface area (Å²) in [5.41, 5.74) is 0.391. The van der Waals surface area contributed by atoms with E-state index >= 15 is 0 Å². The van der Waals surface area contributed by atoms with Gasteiger partial charge in [-0.15, -0.1) is 11.3 Å². The molecule has 0 aliphatic carbocycles. The quantitative estimate of drug-likeness (QED) is 0.614. The summed E-state index contributed by atoms with van der Waals surface area (Å²) < 4.78 is 1.19. The first-order chi connectivity index (χ1) is 7.08. The van der Waals surface area contributed by atoms with E-state index in [1.807, 2.05) is 23.3 Å². The predicted octanol–water partition coefficient (Wildman–Crippen LogP) is 3.26. The molecule has 0 bridgehead atoms. The lowest BCUT2D eigenvalue weighted by molar-refractivity contribution is 0.381. The second-order valence-electron chi connectivity index (χ2n) is 4.74. The molecular weight excluding hydrogens is 224 g/mol. The van der Waals surface area contributed by atoms with Crippen molar-refractivity contribution in [3.63, 3.8) is 0 Å². The molecule has 0 fully saturated rings. The third kappa shape index (κ3) is 6.93. The SMILES string of the molecule is CC(C)(C)CNCCCSc1nccs1. The minimum Gasteiger partial charge on any atom is -0.316 e. The van der Waals surface area contributed by atoms with Crippen molar-refractivity contribution < 1.29 is 0 Å². The van der Waals surface area contributed by atoms with E-state index < -0.39 is 0 Å². The van der Waals surface area contributed by atoms with E-state index in [0.29, 0.717) is 5.41 Å². The summed E-state index contributed by atoms with van der Waals surface area (Å²) in [6.45, 7) is 8.96. The maximum Gasteiger partial charge on any atom is 0.149 e. The maximum atomic E-state index is 4.23. The largest absolute Gasteiger partial charge is 0.316 e. The zero-order valence-electron chi connectivity index (χ0n) is 9.75. The summed E-state index contributed by atoms with van der Waals surface area (Å²) in [6, 6.07) is 0. The Morgan fingerprint density at radius 2 is 2.27 bits per heavy atom. The van der Waals surface area contributed by atoms with Crippen LogP contribution in [0.25, 0.3) is 0 Å². The van der Waals surface area contributed by atoms with Crippen LogP contribution < -0.4 is 5.32 Å². The Morgan fingerprint density at radius 3 is 2.87 bits per heavy atom. The third-order valence-corrected chi connectivity index (χ3v) is 3.84. The highest BCUT2D eigenvalue weighted by atomic mass is 32.2. The van der Waals surface area contributed by atoms with Gasteiger partial charge >= 0.3 is 0 Å². The maximum absolute atomic E-state index is 4.23. The number of nitrogens with zero attached hydrogens (tertiary/aromatic N) is 1. The zero-order valence-corrected chi connectivity index (χ0v) is 11.4. The fraction of sp³-hybridized carbons (Fsp3) is 0.727. The molecule has 1 heterocycles. The van der Waals surface area contributed by atoms with Crippen LogP contribution in [-0.2, 0) is 0 Å². The van der Waals surface area contributed by atoms with Crippen LogP contribution in [0.4, 0.5) is 0 Å². The Labute approximate surface area is 101 Å². The van der Waals surface area contributed by atoms with Crippen molar-refractivity contribution in [2.45, 2.75) is 31.5 Å². The lowest BCUT2D eigenvalue weighted by atomic mass is 9.97. The van der Waals surface area contributed by atoms with Gasteiger partial charge in [-0.05, 0) is 24.9 Å². The molecule has 1 aromatic rings. The van der Waals surface area contributed by atoms with E-state index in [0.717, 1.165) is 18.8 Å². The van der Waals surface area contributed by atoms with E-state index in [9.17, 15) is 0 Å². The van der Waals surface area contributed by atoms with Gasteiger partial charge in [0.1, 0.15) is 4.34 Å². The van der Waals surface area contributed by atoms with Crippen LogP contribution in [0.3, 0.4) is 0 Å². The molecule has 0 unspecified atom stereocenters. The van der Waals surface area contributed by atoms with Crippen LogP contribution in [-0.4, -0.2) is 23.8 Å². The molecule has 2 nitrogen and oxygen atoms in total. The van der Waals surface area contributed by atoms with Gasteiger partial charge in [-0.3, -0.25) is 0 Å². The van der Waals surface area contributed by atoms with Crippen LogP contribution in [0, 0.1) is 5.41 Å². The lowest BCUT2D eigenvalue weighted by Crippen LogP contribution is -2.27. The monoisotopic (exact) mass is 244 g/mol. The van der Waals surface area contributed by atoms with Crippen LogP contribution in [0.2, 0.25) is 0 Å². The molecule has 86 valence electrons. The number of thiazole rings is 1. The third-order valence-electron chi connectivity index (χ3n) is 1.79. The number of nitrogens with one attached hydrogen (secondary N) is 1. The smallest absolute Gasteiger partial charge is 0.149 e. The molecule has 0 aliphatic heterocycles. The molecule has 1 N–H and O–H groups in total. The van der Waals surface area contributed by atoms with Crippen LogP contribution >= 0.6 is 23.1 Å². The topological polar surface area (TPSA) is 24.9 Å². The van der Waals surface area contributed by atoms with E-state index in [2.05, 4.69) is 31.1 Å². The average molecular weight is 244 g/mol. The molecule has 0 saturated heterocycles. The zero-order chi connectivity index (χ0) is 11.1. The molecule has 15 heavy (non-hydrogen) atoms. The molecule has 0 atom stereocenters. The Hall–Kier alpha value is -0.0600. The van der Waals surface area contributed by atoms with Gasteiger partial charge in [0.05, 0.1) is 0 Å². The highest BCUT2D eigenvalue weighted by Crippen LogP contribution is 2.20. The molecule has 4 heteroatoms. The summed E-state index contributed by atoms with van der Waals surface area (Å²) >= 11 is 3.57. The fourth-order valence-corrected chi connectivity index (χ4v) is 2.75. The highest BCUT2D eigenvalue weighted by molar-refractivity contribution is 8.00. The van der Waals surface area contributed by atoms with Gasteiger partial charge in [-0.1, -0.05) is 32.5 Å². The molecule has 0 aromatic carbocycles. The van der Waals surface area contributed by atoms with Crippen LogP contribution in [0.5, 0.6) is 0 Å². The second kappa shape index (κ2) is 6.51. The van der Waals surface area contributed by atoms with Gasteiger partial charge in [0.15, 0.2) is 0 Å². The van der Waals surface area contributed by atoms with Crippen molar-refractivity contribution in [2.24, 2.45) is 5.41 Å². The van der Waals surface area contributed by atoms with Crippen molar-refractivity contribution in [3.05, 3.63) is 11.6 Å². The number of hydrogen-bond acceptors (Lipinski definition) is 4. The first kappa shape index (κ1) is 13.0. The van der Waals surface area contributed by atoms with Crippen molar-refractivity contribution in [2.75, 3.05) is 18.8 Å². The first-order valence-electron chi connectivity index (χ1n) is 5.31. The minimum atomic E-state index is 0.391. The van der Waals surface area contributed by atoms with E-state index in [1.165, 1.54) is 10.8 Å². The predicted molar refractivity (Wildman–Crippen MR) is 69.8 cm³/mol. The molecule has 0 amide bonds. The molecule has 0 saturated carbocycles. The normalized spacial score (nSPS) is 11.9. The van der Waals surface area contributed by atoms with Crippen molar-refractivity contribution >= 4 is 23.1 Å². The van der Waals surface area contributed by atoms with Gasteiger partial charge in [-0.2, -0.15) is 0 Å². The number of hydrogen-bond donors (Lipinski definition) is 1. The first-order valence-corrected chi connectivity index (χ1v) is 7.17. The highest BCUT2D eigenvalue weighted by Gasteiger charge is 2.08. The summed E-state index contributed by atoms with van der Waals surface area (Å²) in [4.78, 5) is 4.23. The van der Waals surface area contributed by atoms with Gasteiger partial charge < -0.3 is 5.32 Å². The molecule has 1 aromatic heterocycles. The number of thioether (sulfide) groups is 1. The van der Waals surface area contributed by atoms with E-state index in [-0.39, 0.29) is 0 Å². The molecule has 0 radical (unpaired) electrons. The molecule has 0 spiro atoms. The molecular formula is C11H20N2S2. The van der Waals surface area contributed by atoms with Crippen molar-refractivity contribution in [3.8, 4) is 0 Å². The van der Waals surface area contributed by atoms with Gasteiger partial charge in [0, 0.05) is 17.3 Å². The molecule has 1 rings (SSSR count). The van der Waals surface area contributed by atoms with Crippen molar-refractivity contribution in [1.29, 1.82) is 0 Å². The van der Waals surface area contributed by atoms with Gasteiger partial charge in [0.25, 0.3) is 0 Å². The van der Waals surface area contributed by atoms with Crippen LogP contribution in [0.15, 0.2) is 15.9 Å². The van der Waals surface area contributed by atoms with Gasteiger partial charge in [0.2, 0.25) is 0 Å². The Balaban J connectivity index is 1.94. The van der Waals surface area contributed by atoms with E-state index in [4.69, 9.17) is 0 Å². The Morgan fingerprint density at radius 1 is 1.47 bits per heavy atom. The molecule has 0 aliphatic rings. The summed E-state index contributed by atoms with van der Waals surface area (Å²) in [5, 5.41) is 5.50. The van der Waals surface area contributed by atoms with E-state index in [1.54, 1.807) is 11.3 Å². The van der Waals surface area contributed by atoms with Crippen molar-refractivity contribution in [1.82, 2.24) is 10.3 Å². The van der Waals surface area contributed by atoms with Gasteiger partial charge in [-0.25, -0.2) is 4.98 Å².